The highest BCUT2D eigenvalue weighted by Crippen LogP contribution is 2.23. The Kier molecular flexibility index (Phi) is 5.81. The fourth-order valence-corrected chi connectivity index (χ4v) is 4.28. The summed E-state index contributed by atoms with van der Waals surface area (Å²) in [7, 11) is 1.67. The number of benzene rings is 2. The van der Waals surface area contributed by atoms with Crippen molar-refractivity contribution in [1.29, 1.82) is 0 Å². The molecule has 2 heterocycles. The quantitative estimate of drug-likeness (QED) is 0.741. The Bertz CT molecular complexity index is 778. The summed E-state index contributed by atoms with van der Waals surface area (Å²) in [6.07, 6.45) is 2.29. The van der Waals surface area contributed by atoms with E-state index in [-0.39, 0.29) is 6.03 Å². The minimum absolute atomic E-state index is 0.185. The zero-order valence-electron chi connectivity index (χ0n) is 16.6. The molecule has 0 bridgehead atoms. The van der Waals surface area contributed by atoms with Gasteiger partial charge in [-0.2, -0.15) is 0 Å². The lowest BCUT2D eigenvalue weighted by Crippen LogP contribution is -2.52. The van der Waals surface area contributed by atoms with Crippen molar-refractivity contribution in [3.63, 3.8) is 0 Å². The van der Waals surface area contributed by atoms with E-state index < -0.39 is 0 Å². The zero-order chi connectivity index (χ0) is 19.3. The molecule has 148 valence electrons. The summed E-state index contributed by atoms with van der Waals surface area (Å²) in [6, 6.07) is 19.2. The number of hydrogen-bond donors (Lipinski definition) is 0. The number of urea groups is 1. The molecule has 4 rings (SSSR count). The molecule has 2 fully saturated rings. The molecule has 0 saturated carbocycles. The number of amides is 2. The highest BCUT2D eigenvalue weighted by molar-refractivity contribution is 5.77. The summed E-state index contributed by atoms with van der Waals surface area (Å²) in [5, 5.41) is 0. The van der Waals surface area contributed by atoms with Crippen molar-refractivity contribution in [1.82, 2.24) is 14.7 Å². The van der Waals surface area contributed by atoms with Crippen molar-refractivity contribution in [2.75, 3.05) is 39.8 Å². The van der Waals surface area contributed by atoms with E-state index in [1.54, 1.807) is 7.11 Å². The van der Waals surface area contributed by atoms with Gasteiger partial charge >= 0.3 is 6.03 Å². The van der Waals surface area contributed by atoms with Crippen LogP contribution >= 0.6 is 0 Å². The molecule has 0 aliphatic carbocycles. The smallest absolute Gasteiger partial charge is 0.320 e. The van der Waals surface area contributed by atoms with Crippen LogP contribution in [0.1, 0.15) is 17.5 Å². The van der Waals surface area contributed by atoms with Crippen LogP contribution in [-0.4, -0.2) is 66.6 Å². The fraction of sp³-hybridized carbons (Fsp3) is 0.435. The van der Waals surface area contributed by atoms with Crippen LogP contribution in [0.3, 0.4) is 0 Å². The van der Waals surface area contributed by atoms with E-state index in [1.165, 1.54) is 12.0 Å². The number of methoxy groups -OCH3 is 1. The minimum Gasteiger partial charge on any atom is -0.497 e. The number of fused-ring (bicyclic) bond motifs is 1. The molecule has 0 radical (unpaired) electrons. The average Bonchev–Trinajstić information content (AvgIpc) is 3.04. The maximum Gasteiger partial charge on any atom is 0.320 e. The second-order valence-electron chi connectivity index (χ2n) is 7.75. The molecule has 28 heavy (non-hydrogen) atoms. The number of hydrogen-bond acceptors (Lipinski definition) is 3. The monoisotopic (exact) mass is 379 g/mol. The van der Waals surface area contributed by atoms with Gasteiger partial charge in [0.2, 0.25) is 0 Å². The number of ether oxygens (including phenoxy) is 1. The van der Waals surface area contributed by atoms with Gasteiger partial charge in [0.05, 0.1) is 13.2 Å². The second kappa shape index (κ2) is 8.65. The summed E-state index contributed by atoms with van der Waals surface area (Å²) in [6.45, 7) is 5.40. The first-order valence-electron chi connectivity index (χ1n) is 10.2. The molecule has 2 amide bonds. The molecule has 2 saturated heterocycles. The van der Waals surface area contributed by atoms with Gasteiger partial charge < -0.3 is 14.5 Å². The Hall–Kier alpha value is -2.53. The number of carbonyl (C=O) groups is 1. The van der Waals surface area contributed by atoms with Gasteiger partial charge in [0.1, 0.15) is 5.75 Å². The summed E-state index contributed by atoms with van der Waals surface area (Å²) in [5.74, 6) is 0.847. The van der Waals surface area contributed by atoms with Crippen LogP contribution in [0.15, 0.2) is 54.6 Å². The van der Waals surface area contributed by atoms with E-state index in [0.29, 0.717) is 12.6 Å². The molecule has 2 aliphatic heterocycles. The van der Waals surface area contributed by atoms with Gasteiger partial charge in [-0.3, -0.25) is 4.90 Å². The Labute approximate surface area is 167 Å². The van der Waals surface area contributed by atoms with E-state index in [9.17, 15) is 4.79 Å². The fourth-order valence-electron chi connectivity index (χ4n) is 4.28. The minimum atomic E-state index is 0.185. The third-order valence-electron chi connectivity index (χ3n) is 5.83. The zero-order valence-corrected chi connectivity index (χ0v) is 16.6. The molecule has 5 nitrogen and oxygen atoms in total. The maximum atomic E-state index is 12.8. The van der Waals surface area contributed by atoms with Gasteiger partial charge in [0.25, 0.3) is 0 Å². The van der Waals surface area contributed by atoms with Gasteiger partial charge in [0.15, 0.2) is 0 Å². The number of carbonyl (C=O) groups excluding carboxylic acids is 1. The summed E-state index contributed by atoms with van der Waals surface area (Å²) in [4.78, 5) is 19.4. The van der Waals surface area contributed by atoms with Crippen LogP contribution in [0.2, 0.25) is 0 Å². The van der Waals surface area contributed by atoms with E-state index in [0.717, 1.165) is 50.5 Å². The average molecular weight is 380 g/mol. The van der Waals surface area contributed by atoms with Gasteiger partial charge in [-0.1, -0.05) is 42.5 Å². The van der Waals surface area contributed by atoms with E-state index in [2.05, 4.69) is 40.1 Å². The topological polar surface area (TPSA) is 36.0 Å². The summed E-state index contributed by atoms with van der Waals surface area (Å²) >= 11 is 0. The first-order chi connectivity index (χ1) is 13.7. The van der Waals surface area contributed by atoms with E-state index in [4.69, 9.17) is 4.74 Å². The van der Waals surface area contributed by atoms with Crippen LogP contribution < -0.4 is 4.74 Å². The van der Waals surface area contributed by atoms with E-state index >= 15 is 0 Å². The molecule has 2 aromatic rings. The Morgan fingerprint density at radius 3 is 2.50 bits per heavy atom. The molecule has 0 aromatic heterocycles. The van der Waals surface area contributed by atoms with Gasteiger partial charge in [0, 0.05) is 32.7 Å². The van der Waals surface area contributed by atoms with Crippen molar-refractivity contribution < 1.29 is 9.53 Å². The van der Waals surface area contributed by atoms with Crippen molar-refractivity contribution in [2.24, 2.45) is 0 Å². The van der Waals surface area contributed by atoms with Crippen molar-refractivity contribution in [3.8, 4) is 5.75 Å². The number of piperazine rings is 1. The normalized spacial score (nSPS) is 19.8. The van der Waals surface area contributed by atoms with Crippen LogP contribution in [-0.2, 0) is 13.0 Å². The number of aryl methyl sites for hydroxylation is 1. The molecule has 0 N–H and O–H groups in total. The largest absolute Gasteiger partial charge is 0.497 e. The Balaban J connectivity index is 1.27. The van der Waals surface area contributed by atoms with Crippen molar-refractivity contribution >= 4 is 6.03 Å². The van der Waals surface area contributed by atoms with Crippen LogP contribution in [0.4, 0.5) is 4.79 Å². The highest BCUT2D eigenvalue weighted by Gasteiger charge is 2.40. The van der Waals surface area contributed by atoms with Crippen molar-refractivity contribution in [3.05, 3.63) is 65.7 Å². The molecule has 5 heteroatoms. The lowest BCUT2D eigenvalue weighted by molar-refractivity contribution is 0.120. The summed E-state index contributed by atoms with van der Waals surface area (Å²) in [5.41, 5.74) is 2.55. The van der Waals surface area contributed by atoms with Crippen LogP contribution in [0, 0.1) is 0 Å². The number of nitrogens with zero attached hydrogens (tertiary/aromatic N) is 3. The van der Waals surface area contributed by atoms with Crippen LogP contribution in [0.5, 0.6) is 5.75 Å². The van der Waals surface area contributed by atoms with Crippen molar-refractivity contribution in [2.45, 2.75) is 25.4 Å². The maximum absolute atomic E-state index is 12.8. The lowest BCUT2D eigenvalue weighted by atomic mass is 10.1. The van der Waals surface area contributed by atoms with Crippen LogP contribution in [0.25, 0.3) is 0 Å². The van der Waals surface area contributed by atoms with Gasteiger partial charge in [-0.25, -0.2) is 4.79 Å². The molecule has 1 atom stereocenters. The predicted octanol–water partition coefficient (Wildman–Crippen LogP) is 3.25. The molecular weight excluding hydrogens is 350 g/mol. The molecule has 2 aromatic carbocycles. The standard InChI is InChI=1S/C23H29N3O2/c1-28-22-11-9-20(10-12-22)16-25-18-21-17-24(14-15-26(21)23(25)27)13-5-8-19-6-3-2-4-7-19/h2-4,6-7,9-12,21H,5,8,13-18H2,1H3/t21-/m1/s1. The molecule has 0 unspecified atom stereocenters. The number of rotatable bonds is 7. The Morgan fingerprint density at radius 2 is 1.75 bits per heavy atom. The SMILES string of the molecule is COc1ccc(CN2C[C@H]3CN(CCCc4ccccc4)CCN3C2=O)cc1. The first kappa shape index (κ1) is 18.8. The summed E-state index contributed by atoms with van der Waals surface area (Å²) < 4.78 is 5.22. The highest BCUT2D eigenvalue weighted by atomic mass is 16.5. The van der Waals surface area contributed by atoms with Gasteiger partial charge in [-0.05, 0) is 42.6 Å². The third-order valence-corrected chi connectivity index (χ3v) is 5.83. The molecular formula is C23H29N3O2. The third kappa shape index (κ3) is 4.30. The molecule has 0 spiro atoms. The van der Waals surface area contributed by atoms with Gasteiger partial charge in [-0.15, -0.1) is 0 Å². The second-order valence-corrected chi connectivity index (χ2v) is 7.75. The lowest BCUT2D eigenvalue weighted by Gasteiger charge is -2.36. The Morgan fingerprint density at radius 1 is 0.964 bits per heavy atom. The first-order valence-corrected chi connectivity index (χ1v) is 10.2. The van der Waals surface area contributed by atoms with E-state index in [1.807, 2.05) is 29.2 Å². The predicted molar refractivity (Wildman–Crippen MR) is 110 cm³/mol. The molecule has 2 aliphatic rings.